The molecule has 3 rings (SSSR count). The first kappa shape index (κ1) is 13.9. The summed E-state index contributed by atoms with van der Waals surface area (Å²) in [4.78, 5) is 4.48. The summed E-state index contributed by atoms with van der Waals surface area (Å²) < 4.78 is 11.4. The summed E-state index contributed by atoms with van der Waals surface area (Å²) in [6, 6.07) is 5.78. The van der Waals surface area contributed by atoms with Crippen molar-refractivity contribution in [3.05, 3.63) is 28.6 Å². The van der Waals surface area contributed by atoms with Gasteiger partial charge in [0.15, 0.2) is 0 Å². The molecule has 1 aliphatic heterocycles. The third-order valence-corrected chi connectivity index (χ3v) is 5.13. The van der Waals surface area contributed by atoms with Gasteiger partial charge >= 0.3 is 0 Å². The van der Waals surface area contributed by atoms with Crippen molar-refractivity contribution in [3.8, 4) is 17.1 Å². The summed E-state index contributed by atoms with van der Waals surface area (Å²) in [6.45, 7) is 0. The van der Waals surface area contributed by atoms with Crippen LogP contribution in [0, 0.1) is 0 Å². The smallest absolute Gasteiger partial charge is 0.232 e. The third-order valence-electron chi connectivity index (χ3n) is 3.29. The number of nitrogens with two attached hydrogens (primary N) is 1. The van der Waals surface area contributed by atoms with Gasteiger partial charge in [-0.2, -0.15) is 16.7 Å². The van der Waals surface area contributed by atoms with E-state index in [4.69, 9.17) is 15.0 Å². The fraction of sp³-hybridized carbons (Fsp3) is 0.385. The largest absolute Gasteiger partial charge is 0.496 e. The molecule has 2 aromatic rings. The minimum atomic E-state index is 0.0934. The minimum Gasteiger partial charge on any atom is -0.496 e. The van der Waals surface area contributed by atoms with Gasteiger partial charge in [-0.15, -0.1) is 0 Å². The summed E-state index contributed by atoms with van der Waals surface area (Å²) >= 11 is 5.27. The van der Waals surface area contributed by atoms with Crippen molar-refractivity contribution in [3.63, 3.8) is 0 Å². The van der Waals surface area contributed by atoms with Gasteiger partial charge in [0, 0.05) is 23.1 Å². The standard InChI is InChI=1S/C13H14BrN3O2S/c1-18-11-3-2-7(4-9(11)14)12-16-13(19-17-12)8-5-20-6-10(8)15/h2-4,8,10H,5-6,15H2,1H3. The first-order valence-electron chi connectivity index (χ1n) is 6.20. The maximum atomic E-state index is 6.05. The molecule has 2 unspecified atom stereocenters. The zero-order valence-corrected chi connectivity index (χ0v) is 13.3. The van der Waals surface area contributed by atoms with E-state index in [-0.39, 0.29) is 12.0 Å². The fourth-order valence-corrected chi connectivity index (χ4v) is 3.96. The highest BCUT2D eigenvalue weighted by Crippen LogP contribution is 2.33. The zero-order chi connectivity index (χ0) is 14.1. The SMILES string of the molecule is COc1ccc(-c2noc(C3CSCC3N)n2)cc1Br. The Balaban J connectivity index is 1.88. The fourth-order valence-electron chi connectivity index (χ4n) is 2.13. The number of rotatable bonds is 3. The molecule has 1 aromatic heterocycles. The van der Waals surface area contributed by atoms with Gasteiger partial charge < -0.3 is 15.0 Å². The molecule has 1 fully saturated rings. The van der Waals surface area contributed by atoms with Crippen molar-refractivity contribution in [1.29, 1.82) is 0 Å². The highest BCUT2D eigenvalue weighted by atomic mass is 79.9. The first-order chi connectivity index (χ1) is 9.69. The second kappa shape index (κ2) is 5.75. The van der Waals surface area contributed by atoms with Crippen LogP contribution in [0.2, 0.25) is 0 Å². The Morgan fingerprint density at radius 3 is 2.95 bits per heavy atom. The number of hydrogen-bond donors (Lipinski definition) is 1. The predicted octanol–water partition coefficient (Wildman–Crippen LogP) is 2.67. The second-order valence-electron chi connectivity index (χ2n) is 4.61. The summed E-state index contributed by atoms with van der Waals surface area (Å²) in [5.74, 6) is 4.01. The van der Waals surface area contributed by atoms with Crippen LogP contribution in [0.1, 0.15) is 11.8 Å². The molecule has 1 aliphatic rings. The zero-order valence-electron chi connectivity index (χ0n) is 10.9. The molecule has 7 heteroatoms. The number of benzene rings is 1. The number of aromatic nitrogens is 2. The van der Waals surface area contributed by atoms with Crippen LogP contribution in [-0.2, 0) is 0 Å². The van der Waals surface area contributed by atoms with Gasteiger partial charge in [-0.25, -0.2) is 0 Å². The second-order valence-corrected chi connectivity index (χ2v) is 6.54. The molecule has 5 nitrogen and oxygen atoms in total. The summed E-state index contributed by atoms with van der Waals surface area (Å²) in [7, 11) is 1.63. The number of methoxy groups -OCH3 is 1. The summed E-state index contributed by atoms with van der Waals surface area (Å²) in [6.07, 6.45) is 0. The highest BCUT2D eigenvalue weighted by molar-refractivity contribution is 9.10. The molecule has 0 spiro atoms. The lowest BCUT2D eigenvalue weighted by molar-refractivity contribution is 0.352. The molecular weight excluding hydrogens is 342 g/mol. The van der Waals surface area contributed by atoms with Gasteiger partial charge in [-0.3, -0.25) is 0 Å². The lowest BCUT2D eigenvalue weighted by Crippen LogP contribution is -2.26. The van der Waals surface area contributed by atoms with Crippen molar-refractivity contribution in [1.82, 2.24) is 10.1 Å². The molecular formula is C13H14BrN3O2S. The quantitative estimate of drug-likeness (QED) is 0.912. The van der Waals surface area contributed by atoms with E-state index in [1.54, 1.807) is 7.11 Å². The molecule has 2 N–H and O–H groups in total. The molecule has 0 saturated carbocycles. The van der Waals surface area contributed by atoms with E-state index in [0.29, 0.717) is 11.7 Å². The van der Waals surface area contributed by atoms with E-state index >= 15 is 0 Å². The van der Waals surface area contributed by atoms with Gasteiger partial charge in [-0.05, 0) is 34.1 Å². The average molecular weight is 356 g/mol. The van der Waals surface area contributed by atoms with Gasteiger partial charge in [0.05, 0.1) is 17.5 Å². The third kappa shape index (κ3) is 2.57. The van der Waals surface area contributed by atoms with Gasteiger partial charge in [-0.1, -0.05) is 5.16 Å². The maximum Gasteiger partial charge on any atom is 0.232 e. The monoisotopic (exact) mass is 355 g/mol. The number of ether oxygens (including phenoxy) is 1. The molecule has 2 atom stereocenters. The van der Waals surface area contributed by atoms with Crippen LogP contribution in [0.15, 0.2) is 27.2 Å². The Hall–Kier alpha value is -1.05. The van der Waals surface area contributed by atoms with Crippen LogP contribution in [-0.4, -0.2) is 34.8 Å². The maximum absolute atomic E-state index is 6.05. The number of halogens is 1. The Bertz CT molecular complexity index is 619. The number of thioether (sulfide) groups is 1. The van der Waals surface area contributed by atoms with Crippen LogP contribution < -0.4 is 10.5 Å². The van der Waals surface area contributed by atoms with Crippen LogP contribution >= 0.6 is 27.7 Å². The van der Waals surface area contributed by atoms with E-state index in [9.17, 15) is 0 Å². The average Bonchev–Trinajstić information content (AvgIpc) is 3.07. The lowest BCUT2D eigenvalue weighted by Gasteiger charge is -2.07. The van der Waals surface area contributed by atoms with Crippen molar-refractivity contribution < 1.29 is 9.26 Å². The van der Waals surface area contributed by atoms with Gasteiger partial charge in [0.1, 0.15) is 5.75 Å². The molecule has 0 amide bonds. The highest BCUT2D eigenvalue weighted by Gasteiger charge is 2.31. The van der Waals surface area contributed by atoms with E-state index in [0.717, 1.165) is 27.3 Å². The number of nitrogens with zero attached hydrogens (tertiary/aromatic N) is 2. The number of hydrogen-bond acceptors (Lipinski definition) is 6. The molecule has 1 aromatic carbocycles. The van der Waals surface area contributed by atoms with E-state index < -0.39 is 0 Å². The molecule has 1 saturated heterocycles. The Morgan fingerprint density at radius 2 is 2.30 bits per heavy atom. The summed E-state index contributed by atoms with van der Waals surface area (Å²) in [5.41, 5.74) is 6.93. The molecule has 0 radical (unpaired) electrons. The first-order valence-corrected chi connectivity index (χ1v) is 8.14. The van der Waals surface area contributed by atoms with Crippen LogP contribution in [0.3, 0.4) is 0 Å². The molecule has 0 bridgehead atoms. The Kier molecular flexibility index (Phi) is 4.00. The normalized spacial score (nSPS) is 22.1. The van der Waals surface area contributed by atoms with E-state index in [1.165, 1.54) is 0 Å². The lowest BCUT2D eigenvalue weighted by atomic mass is 10.1. The van der Waals surface area contributed by atoms with Crippen LogP contribution in [0.5, 0.6) is 5.75 Å². The summed E-state index contributed by atoms with van der Waals surface area (Å²) in [5, 5.41) is 4.05. The van der Waals surface area contributed by atoms with Crippen molar-refractivity contribution in [2.24, 2.45) is 5.73 Å². The van der Waals surface area contributed by atoms with E-state index in [2.05, 4.69) is 26.1 Å². The predicted molar refractivity (Wildman–Crippen MR) is 82.0 cm³/mol. The van der Waals surface area contributed by atoms with Crippen LogP contribution in [0.4, 0.5) is 0 Å². The Labute approximate surface area is 129 Å². The van der Waals surface area contributed by atoms with Crippen LogP contribution in [0.25, 0.3) is 11.4 Å². The van der Waals surface area contributed by atoms with E-state index in [1.807, 2.05) is 30.0 Å². The van der Waals surface area contributed by atoms with Crippen molar-refractivity contribution >= 4 is 27.7 Å². The van der Waals surface area contributed by atoms with Crippen molar-refractivity contribution in [2.45, 2.75) is 12.0 Å². The topological polar surface area (TPSA) is 74.2 Å². The Morgan fingerprint density at radius 1 is 1.45 bits per heavy atom. The molecule has 2 heterocycles. The van der Waals surface area contributed by atoms with Crippen molar-refractivity contribution in [2.75, 3.05) is 18.6 Å². The molecule has 0 aliphatic carbocycles. The molecule has 20 heavy (non-hydrogen) atoms. The minimum absolute atomic E-state index is 0.0934. The van der Waals surface area contributed by atoms with Gasteiger partial charge in [0.2, 0.25) is 11.7 Å². The van der Waals surface area contributed by atoms with Gasteiger partial charge in [0.25, 0.3) is 0 Å². The molecule has 106 valence electrons.